The van der Waals surface area contributed by atoms with Gasteiger partial charge in [-0.3, -0.25) is 4.98 Å². The fraction of sp³-hybridized carbons (Fsp3) is 0.722. The van der Waals surface area contributed by atoms with E-state index in [0.29, 0.717) is 11.8 Å². The minimum absolute atomic E-state index is 0.0594. The lowest BCUT2D eigenvalue weighted by Crippen LogP contribution is -2.57. The van der Waals surface area contributed by atoms with E-state index in [-0.39, 0.29) is 11.0 Å². The number of hydrogen-bond donors (Lipinski definition) is 1. The molecule has 1 aromatic rings. The minimum atomic E-state index is -0.0594. The van der Waals surface area contributed by atoms with Crippen molar-refractivity contribution in [3.8, 4) is 0 Å². The van der Waals surface area contributed by atoms with Crippen LogP contribution in [0, 0.1) is 11.3 Å². The first kappa shape index (κ1) is 14.1. The van der Waals surface area contributed by atoms with Gasteiger partial charge in [-0.1, -0.05) is 39.7 Å². The highest BCUT2D eigenvalue weighted by atomic mass is 14.8. The molecular formula is C18H28N2. The highest BCUT2D eigenvalue weighted by Crippen LogP contribution is 2.52. The fourth-order valence-electron chi connectivity index (χ4n) is 4.81. The number of nitrogens with two attached hydrogens (primary N) is 1. The van der Waals surface area contributed by atoms with Crippen molar-refractivity contribution < 1.29 is 0 Å². The molecule has 1 aromatic heterocycles. The van der Waals surface area contributed by atoms with Gasteiger partial charge < -0.3 is 5.73 Å². The quantitative estimate of drug-likeness (QED) is 0.837. The molecule has 3 rings (SSSR count). The summed E-state index contributed by atoms with van der Waals surface area (Å²) in [5, 5.41) is 0. The first-order chi connectivity index (χ1) is 9.43. The van der Waals surface area contributed by atoms with Gasteiger partial charge >= 0.3 is 0 Å². The fourth-order valence-corrected chi connectivity index (χ4v) is 4.81. The topological polar surface area (TPSA) is 38.9 Å². The molecule has 20 heavy (non-hydrogen) atoms. The Morgan fingerprint density at radius 3 is 2.80 bits per heavy atom. The molecule has 0 aromatic carbocycles. The van der Waals surface area contributed by atoms with E-state index in [4.69, 9.17) is 10.7 Å². The smallest absolute Gasteiger partial charge is 0.0484 e. The maximum absolute atomic E-state index is 7.07. The highest BCUT2D eigenvalue weighted by Gasteiger charge is 2.50. The normalized spacial score (nSPS) is 34.0. The summed E-state index contributed by atoms with van der Waals surface area (Å²) in [6.45, 7) is 7.08. The molecular weight excluding hydrogens is 244 g/mol. The average molecular weight is 272 g/mol. The Morgan fingerprint density at radius 1 is 1.25 bits per heavy atom. The first-order valence-electron chi connectivity index (χ1n) is 8.15. The molecule has 0 saturated heterocycles. The monoisotopic (exact) mass is 272 g/mol. The van der Waals surface area contributed by atoms with Gasteiger partial charge in [0.1, 0.15) is 0 Å². The second-order valence-corrected chi connectivity index (χ2v) is 7.92. The summed E-state index contributed by atoms with van der Waals surface area (Å²) >= 11 is 0. The van der Waals surface area contributed by atoms with Crippen molar-refractivity contribution in [2.75, 3.05) is 0 Å². The summed E-state index contributed by atoms with van der Waals surface area (Å²) < 4.78 is 0. The van der Waals surface area contributed by atoms with Crippen LogP contribution in [0.25, 0.3) is 0 Å². The van der Waals surface area contributed by atoms with Gasteiger partial charge in [-0.25, -0.2) is 0 Å². The maximum Gasteiger partial charge on any atom is 0.0484 e. The van der Waals surface area contributed by atoms with Crippen LogP contribution in [-0.2, 0) is 6.42 Å². The number of pyridine rings is 1. The molecule has 3 unspecified atom stereocenters. The molecule has 0 radical (unpaired) electrons. The lowest BCUT2D eigenvalue weighted by molar-refractivity contribution is 0.0582. The van der Waals surface area contributed by atoms with Gasteiger partial charge in [-0.2, -0.15) is 0 Å². The largest absolute Gasteiger partial charge is 0.324 e. The third-order valence-corrected chi connectivity index (χ3v) is 5.65. The zero-order chi connectivity index (χ0) is 14.4. The van der Waals surface area contributed by atoms with Gasteiger partial charge in [0.15, 0.2) is 0 Å². The van der Waals surface area contributed by atoms with Crippen LogP contribution in [-0.4, -0.2) is 10.5 Å². The standard InChI is InChI=1S/C18H28N2/c1-17(2,3)15-8-4-5-11-18(15,19)14-10-9-13-7-6-12-20-16(13)14/h6-7,12,14-15H,4-5,8-11,19H2,1-3H3. The Bertz CT molecular complexity index is 488. The minimum Gasteiger partial charge on any atom is -0.324 e. The SMILES string of the molecule is CC(C)(C)C1CCCCC1(N)C1CCc2cccnc21. The van der Waals surface area contributed by atoms with Gasteiger partial charge in [-0.15, -0.1) is 0 Å². The van der Waals surface area contributed by atoms with Crippen LogP contribution >= 0.6 is 0 Å². The summed E-state index contributed by atoms with van der Waals surface area (Å²) in [4.78, 5) is 4.70. The molecule has 0 aliphatic heterocycles. The van der Waals surface area contributed by atoms with Crippen LogP contribution in [0.1, 0.15) is 70.1 Å². The Morgan fingerprint density at radius 2 is 2.05 bits per heavy atom. The number of hydrogen-bond acceptors (Lipinski definition) is 2. The van der Waals surface area contributed by atoms with Gasteiger partial charge in [0, 0.05) is 23.3 Å². The molecule has 0 amide bonds. The van der Waals surface area contributed by atoms with E-state index in [1.807, 2.05) is 6.20 Å². The van der Waals surface area contributed by atoms with Crippen molar-refractivity contribution in [2.45, 2.75) is 70.8 Å². The molecule has 0 bridgehead atoms. The van der Waals surface area contributed by atoms with E-state index < -0.39 is 0 Å². The molecule has 110 valence electrons. The predicted molar refractivity (Wildman–Crippen MR) is 83.6 cm³/mol. The summed E-state index contributed by atoms with van der Waals surface area (Å²) in [5.74, 6) is 1.06. The van der Waals surface area contributed by atoms with Crippen molar-refractivity contribution in [3.63, 3.8) is 0 Å². The van der Waals surface area contributed by atoms with Crippen molar-refractivity contribution in [2.24, 2.45) is 17.1 Å². The summed E-state index contributed by atoms with van der Waals surface area (Å²) in [6.07, 6.45) is 9.34. The third-order valence-electron chi connectivity index (χ3n) is 5.65. The Kier molecular flexibility index (Phi) is 3.40. The second kappa shape index (κ2) is 4.84. The molecule has 3 atom stereocenters. The Labute approximate surface area is 123 Å². The van der Waals surface area contributed by atoms with Crippen molar-refractivity contribution in [3.05, 3.63) is 29.6 Å². The molecule has 2 aliphatic carbocycles. The van der Waals surface area contributed by atoms with E-state index >= 15 is 0 Å². The van der Waals surface area contributed by atoms with Gasteiger partial charge in [0.2, 0.25) is 0 Å². The van der Waals surface area contributed by atoms with Crippen LogP contribution in [0.2, 0.25) is 0 Å². The Hall–Kier alpha value is -0.890. The van der Waals surface area contributed by atoms with Crippen LogP contribution < -0.4 is 5.73 Å². The molecule has 1 heterocycles. The summed E-state index contributed by atoms with van der Waals surface area (Å²) in [7, 11) is 0. The number of aryl methyl sites for hydroxylation is 1. The predicted octanol–water partition coefficient (Wildman–Crippen LogP) is 4.05. The van der Waals surface area contributed by atoms with E-state index in [9.17, 15) is 0 Å². The van der Waals surface area contributed by atoms with Crippen molar-refractivity contribution >= 4 is 0 Å². The molecule has 1 fully saturated rings. The lowest BCUT2D eigenvalue weighted by atomic mass is 9.57. The first-order valence-corrected chi connectivity index (χ1v) is 8.15. The van der Waals surface area contributed by atoms with Crippen LogP contribution in [0.4, 0.5) is 0 Å². The Balaban J connectivity index is 1.98. The van der Waals surface area contributed by atoms with Gasteiger partial charge in [0.25, 0.3) is 0 Å². The lowest BCUT2D eigenvalue weighted by Gasteiger charge is -2.51. The van der Waals surface area contributed by atoms with E-state index in [0.717, 1.165) is 12.8 Å². The second-order valence-electron chi connectivity index (χ2n) is 7.92. The van der Waals surface area contributed by atoms with Crippen LogP contribution in [0.15, 0.2) is 18.3 Å². The number of nitrogens with zero attached hydrogens (tertiary/aromatic N) is 1. The third kappa shape index (κ3) is 2.18. The molecule has 1 saturated carbocycles. The van der Waals surface area contributed by atoms with Crippen LogP contribution in [0.3, 0.4) is 0 Å². The summed E-state index contributed by atoms with van der Waals surface area (Å²) in [5.41, 5.74) is 10.0. The number of rotatable bonds is 1. The molecule has 2 N–H and O–H groups in total. The van der Waals surface area contributed by atoms with Crippen molar-refractivity contribution in [1.29, 1.82) is 0 Å². The zero-order valence-corrected chi connectivity index (χ0v) is 13.2. The van der Waals surface area contributed by atoms with Crippen molar-refractivity contribution in [1.82, 2.24) is 4.98 Å². The highest BCUT2D eigenvalue weighted by molar-refractivity contribution is 5.33. The molecule has 2 aliphatic rings. The molecule has 0 spiro atoms. The van der Waals surface area contributed by atoms with Gasteiger partial charge in [-0.05, 0) is 48.6 Å². The average Bonchev–Trinajstić information content (AvgIpc) is 2.82. The van der Waals surface area contributed by atoms with E-state index in [2.05, 4.69) is 32.9 Å². The van der Waals surface area contributed by atoms with Gasteiger partial charge in [0.05, 0.1) is 0 Å². The molecule has 2 heteroatoms. The maximum atomic E-state index is 7.07. The van der Waals surface area contributed by atoms with E-state index in [1.165, 1.54) is 36.9 Å². The van der Waals surface area contributed by atoms with E-state index in [1.54, 1.807) is 0 Å². The van der Waals surface area contributed by atoms with Crippen LogP contribution in [0.5, 0.6) is 0 Å². The molecule has 2 nitrogen and oxygen atoms in total. The number of aromatic nitrogens is 1. The zero-order valence-electron chi connectivity index (χ0n) is 13.2. The number of fused-ring (bicyclic) bond motifs is 1. The summed E-state index contributed by atoms with van der Waals surface area (Å²) in [6, 6.07) is 4.30.